The molecule has 2 aliphatic rings. The molecule has 8 nitrogen and oxygen atoms in total. The van der Waals surface area contributed by atoms with Crippen LogP contribution in [0.2, 0.25) is 0 Å². The van der Waals surface area contributed by atoms with E-state index in [9.17, 15) is 9.59 Å². The van der Waals surface area contributed by atoms with Gasteiger partial charge in [0.15, 0.2) is 23.0 Å². The lowest BCUT2D eigenvalue weighted by Gasteiger charge is -2.38. The fourth-order valence-corrected chi connectivity index (χ4v) is 6.27. The van der Waals surface area contributed by atoms with Crippen molar-refractivity contribution in [3.05, 3.63) is 57.2 Å². The molecular formula is C31H36BrNO7. The molecule has 214 valence electrons. The average Bonchev–Trinajstić information content (AvgIpc) is 2.91. The second-order valence-electron chi connectivity index (χ2n) is 10.2. The van der Waals surface area contributed by atoms with Gasteiger partial charge in [0.1, 0.15) is 5.78 Å². The Balaban J connectivity index is 1.83. The number of aliphatic imine (C=N–C) groups is 1. The van der Waals surface area contributed by atoms with Gasteiger partial charge >= 0.3 is 5.97 Å². The highest BCUT2D eigenvalue weighted by atomic mass is 79.9. The molecule has 1 heterocycles. The van der Waals surface area contributed by atoms with Crippen LogP contribution in [0.15, 0.2) is 51.1 Å². The summed E-state index contributed by atoms with van der Waals surface area (Å²) >= 11 is 3.60. The number of fused-ring (bicyclic) bond motifs is 1. The summed E-state index contributed by atoms with van der Waals surface area (Å²) in [4.78, 5) is 32.3. The zero-order valence-electron chi connectivity index (χ0n) is 24.0. The number of esters is 1. The Morgan fingerprint density at radius 2 is 1.68 bits per heavy atom. The Hall–Kier alpha value is -3.33. The number of nitrogens with zero attached hydrogens (tertiary/aromatic N) is 1. The Morgan fingerprint density at radius 3 is 2.30 bits per heavy atom. The molecule has 0 aromatic heterocycles. The molecule has 0 radical (unpaired) electrons. The molecule has 2 aromatic carbocycles. The summed E-state index contributed by atoms with van der Waals surface area (Å²) < 4.78 is 28.6. The van der Waals surface area contributed by atoms with E-state index in [0.29, 0.717) is 58.2 Å². The van der Waals surface area contributed by atoms with E-state index >= 15 is 0 Å². The Bertz CT molecular complexity index is 1360. The first kappa shape index (κ1) is 29.6. The molecule has 40 heavy (non-hydrogen) atoms. The quantitative estimate of drug-likeness (QED) is 0.302. The molecule has 1 fully saturated rings. The van der Waals surface area contributed by atoms with Crippen molar-refractivity contribution < 1.29 is 33.3 Å². The van der Waals surface area contributed by atoms with E-state index in [-0.39, 0.29) is 17.8 Å². The predicted octanol–water partition coefficient (Wildman–Crippen LogP) is 6.40. The minimum absolute atomic E-state index is 0.0158. The van der Waals surface area contributed by atoms with Gasteiger partial charge in [0.05, 0.1) is 50.0 Å². The van der Waals surface area contributed by atoms with Crippen molar-refractivity contribution in [1.82, 2.24) is 0 Å². The summed E-state index contributed by atoms with van der Waals surface area (Å²) in [5.41, 5.74) is 3.42. The van der Waals surface area contributed by atoms with Crippen LogP contribution in [-0.2, 0) is 14.3 Å². The number of hydrogen-bond acceptors (Lipinski definition) is 8. The predicted molar refractivity (Wildman–Crippen MR) is 156 cm³/mol. The van der Waals surface area contributed by atoms with Gasteiger partial charge in [-0.25, -0.2) is 4.79 Å². The van der Waals surface area contributed by atoms with Gasteiger partial charge in [0, 0.05) is 23.7 Å². The molecule has 3 atom stereocenters. The average molecular weight is 615 g/mol. The van der Waals surface area contributed by atoms with E-state index in [2.05, 4.69) is 15.9 Å². The van der Waals surface area contributed by atoms with Crippen LogP contribution in [0.4, 0.5) is 0 Å². The van der Waals surface area contributed by atoms with Gasteiger partial charge in [-0.3, -0.25) is 9.79 Å². The molecule has 1 aliphatic carbocycles. The van der Waals surface area contributed by atoms with Crippen molar-refractivity contribution in [2.75, 3.05) is 27.9 Å². The van der Waals surface area contributed by atoms with Gasteiger partial charge in [0.25, 0.3) is 0 Å². The van der Waals surface area contributed by atoms with Gasteiger partial charge in [-0.2, -0.15) is 0 Å². The summed E-state index contributed by atoms with van der Waals surface area (Å²) in [5.74, 6) is 0.583. The number of ketones is 1. The number of carbonyl (C=O) groups excluding carboxylic acids is 2. The normalized spacial score (nSPS) is 20.6. The smallest absolute Gasteiger partial charge is 0.336 e. The molecule has 0 spiro atoms. The molecule has 4 rings (SSSR count). The highest BCUT2D eigenvalue weighted by molar-refractivity contribution is 9.10. The standard InChI is InChI=1S/C31H36BrNO7/c1-8-39-26-15-20(11-21(32)30(26)38-7)28-27(31(35)40-16(2)3)17(4)33-22-12-19(13-23(34)29(22)28)18-9-10-24(36-5)25(14-18)37-6/h9-11,14-16,19,28-29H,8,12-13H2,1-7H3/t19-,28-,29?/m0/s1. The number of ether oxygens (including phenoxy) is 5. The first-order valence-corrected chi connectivity index (χ1v) is 14.2. The third-order valence-corrected chi connectivity index (χ3v) is 7.88. The number of methoxy groups -OCH3 is 3. The van der Waals surface area contributed by atoms with Crippen LogP contribution >= 0.6 is 15.9 Å². The van der Waals surface area contributed by atoms with Crippen LogP contribution in [0.5, 0.6) is 23.0 Å². The lowest BCUT2D eigenvalue weighted by molar-refractivity contribution is -0.143. The number of allylic oxidation sites excluding steroid dienone is 1. The lowest BCUT2D eigenvalue weighted by Crippen LogP contribution is -2.41. The number of rotatable bonds is 9. The zero-order chi connectivity index (χ0) is 29.1. The maximum Gasteiger partial charge on any atom is 0.336 e. The van der Waals surface area contributed by atoms with E-state index in [4.69, 9.17) is 28.7 Å². The minimum Gasteiger partial charge on any atom is -0.493 e. The number of hydrogen-bond donors (Lipinski definition) is 0. The van der Waals surface area contributed by atoms with Crippen molar-refractivity contribution in [2.45, 2.75) is 58.5 Å². The summed E-state index contributed by atoms with van der Waals surface area (Å²) in [6, 6.07) is 9.47. The summed E-state index contributed by atoms with van der Waals surface area (Å²) in [7, 11) is 4.76. The van der Waals surface area contributed by atoms with E-state index in [0.717, 1.165) is 16.8 Å². The molecule has 9 heteroatoms. The molecule has 1 unspecified atom stereocenters. The number of benzene rings is 2. The Labute approximate surface area is 243 Å². The molecule has 0 saturated heterocycles. The van der Waals surface area contributed by atoms with Gasteiger partial charge in [-0.1, -0.05) is 6.07 Å². The zero-order valence-corrected chi connectivity index (χ0v) is 25.6. The molecular weight excluding hydrogens is 578 g/mol. The lowest BCUT2D eigenvalue weighted by atomic mass is 9.66. The van der Waals surface area contributed by atoms with E-state index < -0.39 is 17.8 Å². The van der Waals surface area contributed by atoms with Crippen molar-refractivity contribution >= 4 is 33.4 Å². The van der Waals surface area contributed by atoms with Crippen LogP contribution in [0, 0.1) is 5.92 Å². The second-order valence-corrected chi connectivity index (χ2v) is 11.0. The van der Waals surface area contributed by atoms with Crippen LogP contribution in [0.3, 0.4) is 0 Å². The fraction of sp³-hybridized carbons (Fsp3) is 0.452. The summed E-state index contributed by atoms with van der Waals surface area (Å²) in [6.07, 6.45) is 0.551. The SMILES string of the molecule is CCOc1cc([C@H]2C(C(=O)OC(C)C)=C(C)N=C3C[C@H](c4ccc(OC)c(OC)c4)CC(=O)C32)cc(Br)c1OC. The number of carbonyl (C=O) groups is 2. The first-order valence-electron chi connectivity index (χ1n) is 13.4. The molecule has 1 saturated carbocycles. The van der Waals surface area contributed by atoms with Crippen LogP contribution in [0.25, 0.3) is 0 Å². The Kier molecular flexibility index (Phi) is 9.23. The van der Waals surface area contributed by atoms with Gasteiger partial charge in [0.2, 0.25) is 0 Å². The number of Topliss-reactive ketones (excluding diaryl/α,β-unsaturated/α-hetero) is 1. The second kappa shape index (κ2) is 12.5. The molecule has 1 aliphatic heterocycles. The molecule has 0 N–H and O–H groups in total. The third kappa shape index (κ3) is 5.75. The van der Waals surface area contributed by atoms with E-state index in [1.165, 1.54) is 0 Å². The van der Waals surface area contributed by atoms with Crippen molar-refractivity contribution in [2.24, 2.45) is 10.9 Å². The van der Waals surface area contributed by atoms with Crippen LogP contribution in [0.1, 0.15) is 63.5 Å². The minimum atomic E-state index is -0.607. The molecule has 0 bridgehead atoms. The van der Waals surface area contributed by atoms with Crippen LogP contribution in [-0.4, -0.2) is 51.5 Å². The summed E-state index contributed by atoms with van der Waals surface area (Å²) in [5, 5.41) is 0. The van der Waals surface area contributed by atoms with Crippen LogP contribution < -0.4 is 18.9 Å². The van der Waals surface area contributed by atoms with Crippen molar-refractivity contribution in [3.8, 4) is 23.0 Å². The Morgan fingerprint density at radius 1 is 0.975 bits per heavy atom. The summed E-state index contributed by atoms with van der Waals surface area (Å²) in [6.45, 7) is 7.73. The highest BCUT2D eigenvalue weighted by Gasteiger charge is 2.46. The third-order valence-electron chi connectivity index (χ3n) is 7.29. The topological polar surface area (TPSA) is 92.7 Å². The fourth-order valence-electron chi connectivity index (χ4n) is 5.65. The van der Waals surface area contributed by atoms with Gasteiger partial charge in [-0.05, 0) is 91.4 Å². The van der Waals surface area contributed by atoms with Gasteiger partial charge < -0.3 is 23.7 Å². The van der Waals surface area contributed by atoms with Crippen molar-refractivity contribution in [1.29, 1.82) is 0 Å². The maximum atomic E-state index is 14.0. The first-order chi connectivity index (χ1) is 19.1. The highest BCUT2D eigenvalue weighted by Crippen LogP contribution is 2.49. The van der Waals surface area contributed by atoms with Gasteiger partial charge in [-0.15, -0.1) is 0 Å². The van der Waals surface area contributed by atoms with E-state index in [1.54, 1.807) is 42.1 Å². The van der Waals surface area contributed by atoms with Crippen molar-refractivity contribution in [3.63, 3.8) is 0 Å². The van der Waals surface area contributed by atoms with E-state index in [1.807, 2.05) is 37.3 Å². The largest absolute Gasteiger partial charge is 0.493 e. The monoisotopic (exact) mass is 613 g/mol. The molecule has 0 amide bonds. The number of halogens is 1. The maximum absolute atomic E-state index is 14.0. The molecule has 2 aromatic rings.